The Kier molecular flexibility index (Phi) is 5.20. The van der Waals surface area contributed by atoms with Crippen molar-refractivity contribution in [1.29, 1.82) is 0 Å². The second-order valence-corrected chi connectivity index (χ2v) is 8.01. The minimum Gasteiger partial charge on any atom is -0.463 e. The molecular weight excluding hydrogens is 437 g/mol. The highest BCUT2D eigenvalue weighted by Crippen LogP contribution is 2.34. The van der Waals surface area contributed by atoms with Gasteiger partial charge >= 0.3 is 6.18 Å². The van der Waals surface area contributed by atoms with Gasteiger partial charge in [0.25, 0.3) is 5.91 Å². The number of hydrogen-bond acceptors (Lipinski definition) is 6. The van der Waals surface area contributed by atoms with E-state index >= 15 is 0 Å². The molecule has 1 aliphatic rings. The van der Waals surface area contributed by atoms with Crippen LogP contribution in [0.5, 0.6) is 0 Å². The molecule has 1 fully saturated rings. The number of para-hydroxylation sites is 1. The third-order valence-corrected chi connectivity index (χ3v) is 5.70. The molecule has 3 aromatic rings. The smallest absolute Gasteiger partial charge is 0.433 e. The molecule has 0 bridgehead atoms. The Labute approximate surface area is 177 Å². The Morgan fingerprint density at radius 1 is 1.17 bits per heavy atom. The van der Waals surface area contributed by atoms with Gasteiger partial charge in [-0.05, 0) is 29.8 Å². The number of thioether (sulfide) groups is 1. The average molecular weight is 448 g/mol. The lowest BCUT2D eigenvalue weighted by atomic mass is 10.1. The number of pyridine rings is 1. The molecule has 1 aromatic carbocycles. The first-order valence-electron chi connectivity index (χ1n) is 8.52. The first-order chi connectivity index (χ1) is 14.2. The molecule has 3 heterocycles. The standard InChI is InChI=1S/C20H11F3N2O3S2/c21-20(22,23)16-6-5-11(8-24-16)9-25-18(27)15(30-19(25)29)7-12-10-28-14-4-2-1-3-13(14)17(12)26/h1-8,10H,9H2/b15-7-. The first kappa shape index (κ1) is 20.3. The van der Waals surface area contributed by atoms with Gasteiger partial charge in [-0.15, -0.1) is 0 Å². The molecule has 1 amide bonds. The number of carbonyl (C=O) groups excluding carboxylic acids is 1. The van der Waals surface area contributed by atoms with Crippen LogP contribution in [0.4, 0.5) is 13.2 Å². The number of nitrogens with zero attached hydrogens (tertiary/aromatic N) is 2. The highest BCUT2D eigenvalue weighted by molar-refractivity contribution is 8.26. The van der Waals surface area contributed by atoms with E-state index in [1.54, 1.807) is 24.3 Å². The predicted molar refractivity (Wildman–Crippen MR) is 110 cm³/mol. The van der Waals surface area contributed by atoms with Gasteiger partial charge in [0.05, 0.1) is 22.4 Å². The number of hydrogen-bond donors (Lipinski definition) is 0. The fourth-order valence-corrected chi connectivity index (χ4v) is 4.08. The van der Waals surface area contributed by atoms with Crippen molar-refractivity contribution in [2.75, 3.05) is 0 Å². The zero-order chi connectivity index (χ0) is 21.5. The number of thiocarbonyl (C=S) groups is 1. The van der Waals surface area contributed by atoms with Crippen molar-refractivity contribution >= 4 is 51.3 Å². The second-order valence-electron chi connectivity index (χ2n) is 6.33. The summed E-state index contributed by atoms with van der Waals surface area (Å²) in [6, 6.07) is 8.84. The summed E-state index contributed by atoms with van der Waals surface area (Å²) in [5.74, 6) is -0.447. The Balaban J connectivity index is 1.59. The predicted octanol–water partition coefficient (Wildman–Crippen LogP) is 4.61. The van der Waals surface area contributed by atoms with E-state index in [1.807, 2.05) is 0 Å². The number of amides is 1. The van der Waals surface area contributed by atoms with Crippen molar-refractivity contribution in [1.82, 2.24) is 9.88 Å². The van der Waals surface area contributed by atoms with E-state index in [0.29, 0.717) is 16.5 Å². The lowest BCUT2D eigenvalue weighted by Crippen LogP contribution is -2.27. The summed E-state index contributed by atoms with van der Waals surface area (Å²) in [7, 11) is 0. The van der Waals surface area contributed by atoms with Crippen LogP contribution in [0.1, 0.15) is 16.8 Å². The van der Waals surface area contributed by atoms with Gasteiger partial charge in [0, 0.05) is 6.20 Å². The normalized spacial score (nSPS) is 16.1. The summed E-state index contributed by atoms with van der Waals surface area (Å²) < 4.78 is 43.6. The van der Waals surface area contributed by atoms with E-state index < -0.39 is 17.8 Å². The first-order valence-corrected chi connectivity index (χ1v) is 9.74. The molecule has 0 atom stereocenters. The summed E-state index contributed by atoms with van der Waals surface area (Å²) in [5.41, 5.74) is -0.271. The van der Waals surface area contributed by atoms with Crippen molar-refractivity contribution in [3.63, 3.8) is 0 Å². The molecule has 2 aromatic heterocycles. The second kappa shape index (κ2) is 7.69. The fourth-order valence-electron chi connectivity index (χ4n) is 2.84. The summed E-state index contributed by atoms with van der Waals surface area (Å²) in [6.45, 7) is -0.0283. The summed E-state index contributed by atoms with van der Waals surface area (Å²) in [4.78, 5) is 30.2. The van der Waals surface area contributed by atoms with Gasteiger partial charge in [0.15, 0.2) is 5.43 Å². The number of carbonyl (C=O) groups is 1. The van der Waals surface area contributed by atoms with Gasteiger partial charge < -0.3 is 4.42 Å². The molecule has 30 heavy (non-hydrogen) atoms. The molecule has 0 radical (unpaired) electrons. The maximum Gasteiger partial charge on any atom is 0.433 e. The van der Waals surface area contributed by atoms with Crippen LogP contribution in [-0.2, 0) is 17.5 Å². The van der Waals surface area contributed by atoms with Crippen molar-refractivity contribution < 1.29 is 22.4 Å². The molecule has 1 aliphatic heterocycles. The molecule has 1 saturated heterocycles. The van der Waals surface area contributed by atoms with E-state index in [4.69, 9.17) is 16.6 Å². The van der Waals surface area contributed by atoms with E-state index in [0.717, 1.165) is 24.0 Å². The van der Waals surface area contributed by atoms with Crippen molar-refractivity contribution in [2.24, 2.45) is 0 Å². The highest BCUT2D eigenvalue weighted by Gasteiger charge is 2.34. The van der Waals surface area contributed by atoms with Crippen LogP contribution in [0.2, 0.25) is 0 Å². The minimum absolute atomic E-state index is 0.0283. The van der Waals surface area contributed by atoms with Crippen LogP contribution in [-0.4, -0.2) is 20.1 Å². The number of fused-ring (bicyclic) bond motifs is 1. The summed E-state index contributed by atoms with van der Waals surface area (Å²) in [5, 5.41) is 0.387. The lowest BCUT2D eigenvalue weighted by Gasteiger charge is -2.14. The maximum absolute atomic E-state index is 12.7. The van der Waals surface area contributed by atoms with Gasteiger partial charge in [-0.3, -0.25) is 19.5 Å². The van der Waals surface area contributed by atoms with Crippen LogP contribution in [0.25, 0.3) is 17.0 Å². The maximum atomic E-state index is 12.7. The number of halogens is 3. The summed E-state index contributed by atoms with van der Waals surface area (Å²) >= 11 is 6.24. The van der Waals surface area contributed by atoms with E-state index in [-0.39, 0.29) is 26.8 Å². The number of aromatic nitrogens is 1. The van der Waals surface area contributed by atoms with Crippen LogP contribution < -0.4 is 5.43 Å². The zero-order valence-electron chi connectivity index (χ0n) is 15.0. The van der Waals surface area contributed by atoms with Crippen molar-refractivity contribution in [3.8, 4) is 0 Å². The molecule has 4 rings (SSSR count). The number of alkyl halides is 3. The third-order valence-electron chi connectivity index (χ3n) is 4.32. The Morgan fingerprint density at radius 2 is 1.93 bits per heavy atom. The molecular formula is C20H11F3N2O3S2. The van der Waals surface area contributed by atoms with E-state index in [1.165, 1.54) is 23.3 Å². The van der Waals surface area contributed by atoms with Gasteiger partial charge in [0.1, 0.15) is 21.9 Å². The van der Waals surface area contributed by atoms with Crippen LogP contribution in [0.15, 0.2) is 63.0 Å². The molecule has 10 heteroatoms. The fraction of sp³-hybridized carbons (Fsp3) is 0.100. The molecule has 0 unspecified atom stereocenters. The quantitative estimate of drug-likeness (QED) is 0.431. The SMILES string of the molecule is O=C1/C(=C/c2coc3ccccc3c2=O)SC(=S)N1Cc1ccc(C(F)(F)F)nc1. The topological polar surface area (TPSA) is 63.4 Å². The van der Waals surface area contributed by atoms with Crippen molar-refractivity contribution in [3.05, 3.63) is 80.8 Å². The monoisotopic (exact) mass is 448 g/mol. The third kappa shape index (κ3) is 3.88. The van der Waals surface area contributed by atoms with Gasteiger partial charge in [-0.25, -0.2) is 0 Å². The summed E-state index contributed by atoms with van der Waals surface area (Å²) in [6.07, 6.45) is -0.799. The molecule has 0 aliphatic carbocycles. The lowest BCUT2D eigenvalue weighted by molar-refractivity contribution is -0.141. The van der Waals surface area contributed by atoms with Gasteiger partial charge in [0.2, 0.25) is 0 Å². The van der Waals surface area contributed by atoms with Gasteiger partial charge in [-0.2, -0.15) is 13.2 Å². The number of benzene rings is 1. The molecule has 0 spiro atoms. The Bertz CT molecular complexity index is 1250. The zero-order valence-corrected chi connectivity index (χ0v) is 16.6. The molecule has 0 N–H and O–H groups in total. The van der Waals surface area contributed by atoms with Crippen LogP contribution >= 0.6 is 24.0 Å². The largest absolute Gasteiger partial charge is 0.463 e. The minimum atomic E-state index is -4.54. The molecule has 0 saturated carbocycles. The Hall–Kier alpha value is -2.98. The average Bonchev–Trinajstić information content (AvgIpc) is 2.97. The van der Waals surface area contributed by atoms with Crippen LogP contribution in [0.3, 0.4) is 0 Å². The number of rotatable bonds is 3. The molecule has 152 valence electrons. The Morgan fingerprint density at radius 3 is 2.63 bits per heavy atom. The molecule has 5 nitrogen and oxygen atoms in total. The van der Waals surface area contributed by atoms with Crippen LogP contribution in [0, 0.1) is 0 Å². The van der Waals surface area contributed by atoms with E-state index in [9.17, 15) is 22.8 Å². The highest BCUT2D eigenvalue weighted by atomic mass is 32.2. The van der Waals surface area contributed by atoms with E-state index in [2.05, 4.69) is 4.98 Å². The van der Waals surface area contributed by atoms with Crippen molar-refractivity contribution in [2.45, 2.75) is 12.7 Å². The van der Waals surface area contributed by atoms with Gasteiger partial charge in [-0.1, -0.05) is 42.2 Å².